The fraction of sp³-hybridized carbons (Fsp3) is 0.692. The molecule has 0 radical (unpaired) electrons. The van der Waals surface area contributed by atoms with Crippen LogP contribution >= 0.6 is 0 Å². The van der Waals surface area contributed by atoms with Gasteiger partial charge in [0.15, 0.2) is 0 Å². The Morgan fingerprint density at radius 2 is 2.29 bits per heavy atom. The molecule has 1 nitrogen and oxygen atoms in total. The molecule has 0 saturated heterocycles. The lowest BCUT2D eigenvalue weighted by Gasteiger charge is -2.24. The van der Waals surface area contributed by atoms with Crippen LogP contribution in [-0.4, -0.2) is 6.61 Å². The highest BCUT2D eigenvalue weighted by Gasteiger charge is 2.24. The summed E-state index contributed by atoms with van der Waals surface area (Å²) in [6.45, 7) is 5.57. The zero-order chi connectivity index (χ0) is 9.97. The summed E-state index contributed by atoms with van der Waals surface area (Å²) in [7, 11) is 0. The average molecular weight is 192 g/mol. The molecule has 1 aliphatic heterocycles. The Bertz CT molecular complexity index is 260. The topological polar surface area (TPSA) is 9.23 Å². The van der Waals surface area contributed by atoms with E-state index in [0.29, 0.717) is 0 Å². The molecule has 0 N–H and O–H groups in total. The molecule has 1 heterocycles. The number of ether oxygens (including phenoxy) is 1. The molecule has 78 valence electrons. The van der Waals surface area contributed by atoms with Crippen molar-refractivity contribution in [1.82, 2.24) is 0 Å². The summed E-state index contributed by atoms with van der Waals surface area (Å²) in [6, 6.07) is 0. The van der Waals surface area contributed by atoms with Gasteiger partial charge in [-0.25, -0.2) is 0 Å². The minimum atomic E-state index is 0.758. The number of hydrogen-bond acceptors (Lipinski definition) is 1. The number of allylic oxidation sites excluding steroid dienone is 3. The maximum Gasteiger partial charge on any atom is 0.118 e. The van der Waals surface area contributed by atoms with E-state index in [4.69, 9.17) is 4.74 Å². The van der Waals surface area contributed by atoms with Crippen LogP contribution in [0.1, 0.15) is 39.5 Å². The molecule has 0 saturated carbocycles. The van der Waals surface area contributed by atoms with E-state index in [1.165, 1.54) is 31.4 Å². The molecule has 2 rings (SSSR count). The van der Waals surface area contributed by atoms with Crippen LogP contribution in [0.25, 0.3) is 0 Å². The maximum absolute atomic E-state index is 5.78. The summed E-state index contributed by atoms with van der Waals surface area (Å²) in [5.41, 5.74) is 1.58. The highest BCUT2D eigenvalue weighted by atomic mass is 16.5. The molecule has 14 heavy (non-hydrogen) atoms. The van der Waals surface area contributed by atoms with Crippen LogP contribution in [0.15, 0.2) is 23.5 Å². The monoisotopic (exact) mass is 192 g/mol. The highest BCUT2D eigenvalue weighted by molar-refractivity contribution is 5.27. The smallest absolute Gasteiger partial charge is 0.118 e. The van der Waals surface area contributed by atoms with Crippen molar-refractivity contribution in [2.75, 3.05) is 6.61 Å². The zero-order valence-corrected chi connectivity index (χ0v) is 9.25. The van der Waals surface area contributed by atoms with E-state index in [9.17, 15) is 0 Å². The van der Waals surface area contributed by atoms with E-state index in [-0.39, 0.29) is 0 Å². The lowest BCUT2D eigenvalue weighted by molar-refractivity contribution is 0.222. The second-order valence-electron chi connectivity index (χ2n) is 4.67. The van der Waals surface area contributed by atoms with E-state index in [2.05, 4.69) is 26.0 Å². The lowest BCUT2D eigenvalue weighted by atomic mass is 9.81. The molecule has 0 aromatic rings. The van der Waals surface area contributed by atoms with Crippen molar-refractivity contribution in [1.29, 1.82) is 0 Å². The van der Waals surface area contributed by atoms with E-state index >= 15 is 0 Å². The molecule has 0 amide bonds. The molecule has 0 bridgehead atoms. The third kappa shape index (κ3) is 1.87. The second-order valence-corrected chi connectivity index (χ2v) is 4.67. The van der Waals surface area contributed by atoms with Gasteiger partial charge in [-0.15, -0.1) is 0 Å². The Morgan fingerprint density at radius 1 is 1.43 bits per heavy atom. The molecule has 1 atom stereocenters. The van der Waals surface area contributed by atoms with Gasteiger partial charge in [0.2, 0.25) is 0 Å². The maximum atomic E-state index is 5.78. The van der Waals surface area contributed by atoms with Crippen molar-refractivity contribution >= 4 is 0 Å². The minimum absolute atomic E-state index is 0.758. The molecule has 0 spiro atoms. The predicted molar refractivity (Wildman–Crippen MR) is 58.9 cm³/mol. The van der Waals surface area contributed by atoms with Crippen LogP contribution in [0.5, 0.6) is 0 Å². The van der Waals surface area contributed by atoms with Crippen LogP contribution in [-0.2, 0) is 4.74 Å². The lowest BCUT2D eigenvalue weighted by Crippen LogP contribution is -2.13. The Morgan fingerprint density at radius 3 is 3.07 bits per heavy atom. The largest absolute Gasteiger partial charge is 0.494 e. The summed E-state index contributed by atoms with van der Waals surface area (Å²) in [5, 5.41) is 0. The summed E-state index contributed by atoms with van der Waals surface area (Å²) in [5.74, 6) is 2.71. The van der Waals surface area contributed by atoms with Crippen molar-refractivity contribution in [3.63, 3.8) is 0 Å². The van der Waals surface area contributed by atoms with Crippen LogP contribution in [0.3, 0.4) is 0 Å². The van der Waals surface area contributed by atoms with Gasteiger partial charge in [0.05, 0.1) is 6.61 Å². The van der Waals surface area contributed by atoms with Crippen molar-refractivity contribution in [2.45, 2.75) is 39.5 Å². The third-order valence-corrected chi connectivity index (χ3v) is 3.34. The van der Waals surface area contributed by atoms with Crippen LogP contribution in [0, 0.1) is 11.8 Å². The Kier molecular flexibility index (Phi) is 2.95. The van der Waals surface area contributed by atoms with Gasteiger partial charge in [-0.1, -0.05) is 19.9 Å². The van der Waals surface area contributed by atoms with Gasteiger partial charge in [-0.3, -0.25) is 0 Å². The van der Waals surface area contributed by atoms with Gasteiger partial charge in [0, 0.05) is 0 Å². The van der Waals surface area contributed by atoms with E-state index in [1.807, 2.05) is 0 Å². The standard InChI is InChI=1S/C13H20O/c1-10(2)11-7-5-9-14-13-8-4-3-6-12(11)13/h4,8,10-11H,3,5-7,9H2,1-2H3. The normalized spacial score (nSPS) is 27.2. The molecule has 0 fully saturated rings. The quantitative estimate of drug-likeness (QED) is 0.616. The fourth-order valence-electron chi connectivity index (χ4n) is 2.56. The molecule has 0 aromatic carbocycles. The first kappa shape index (κ1) is 9.82. The van der Waals surface area contributed by atoms with Crippen molar-refractivity contribution in [2.24, 2.45) is 11.8 Å². The van der Waals surface area contributed by atoms with E-state index in [0.717, 1.165) is 18.4 Å². The first-order chi connectivity index (χ1) is 6.79. The van der Waals surface area contributed by atoms with Gasteiger partial charge < -0.3 is 4.74 Å². The Hall–Kier alpha value is -0.720. The zero-order valence-electron chi connectivity index (χ0n) is 9.25. The SMILES string of the molecule is CC(C)C1CCCOC2=C1CCC=C2. The first-order valence-corrected chi connectivity index (χ1v) is 5.81. The third-order valence-electron chi connectivity index (χ3n) is 3.34. The molecule has 2 aliphatic rings. The highest BCUT2D eigenvalue weighted by Crippen LogP contribution is 2.36. The fourth-order valence-corrected chi connectivity index (χ4v) is 2.56. The van der Waals surface area contributed by atoms with Gasteiger partial charge >= 0.3 is 0 Å². The van der Waals surface area contributed by atoms with E-state index in [1.54, 1.807) is 5.57 Å². The van der Waals surface area contributed by atoms with Gasteiger partial charge in [-0.05, 0) is 49.2 Å². The average Bonchev–Trinajstić information content (AvgIpc) is 2.39. The van der Waals surface area contributed by atoms with Crippen molar-refractivity contribution in [3.8, 4) is 0 Å². The molecular weight excluding hydrogens is 172 g/mol. The summed E-state index contributed by atoms with van der Waals surface area (Å²) in [6.07, 6.45) is 9.36. The molecule has 1 unspecified atom stereocenters. The Labute approximate surface area is 86.8 Å². The predicted octanol–water partition coefficient (Wildman–Crippen LogP) is 3.67. The van der Waals surface area contributed by atoms with Crippen LogP contribution in [0.2, 0.25) is 0 Å². The summed E-state index contributed by atoms with van der Waals surface area (Å²) < 4.78 is 5.78. The van der Waals surface area contributed by atoms with Crippen molar-refractivity contribution in [3.05, 3.63) is 23.5 Å². The first-order valence-electron chi connectivity index (χ1n) is 5.81. The summed E-state index contributed by atoms with van der Waals surface area (Å²) >= 11 is 0. The van der Waals surface area contributed by atoms with Crippen molar-refractivity contribution < 1.29 is 4.74 Å². The molecule has 1 heteroatoms. The van der Waals surface area contributed by atoms with Gasteiger partial charge in [0.25, 0.3) is 0 Å². The van der Waals surface area contributed by atoms with Crippen LogP contribution in [0.4, 0.5) is 0 Å². The second kappa shape index (κ2) is 4.20. The minimum Gasteiger partial charge on any atom is -0.494 e. The molecule has 0 aromatic heterocycles. The van der Waals surface area contributed by atoms with Gasteiger partial charge in [-0.2, -0.15) is 0 Å². The molecule has 1 aliphatic carbocycles. The van der Waals surface area contributed by atoms with Gasteiger partial charge in [0.1, 0.15) is 5.76 Å². The number of hydrogen-bond donors (Lipinski definition) is 0. The summed E-state index contributed by atoms with van der Waals surface area (Å²) in [4.78, 5) is 0. The Balaban J connectivity index is 2.26. The molecular formula is C13H20O. The van der Waals surface area contributed by atoms with Crippen LogP contribution < -0.4 is 0 Å². The van der Waals surface area contributed by atoms with E-state index < -0.39 is 0 Å². The number of rotatable bonds is 1.